The van der Waals surface area contributed by atoms with Crippen molar-refractivity contribution in [1.29, 1.82) is 0 Å². The van der Waals surface area contributed by atoms with Crippen molar-refractivity contribution in [1.82, 2.24) is 4.90 Å². The summed E-state index contributed by atoms with van der Waals surface area (Å²) in [6, 6.07) is 10.4. The summed E-state index contributed by atoms with van der Waals surface area (Å²) in [5, 5.41) is 0. The number of hydrogen-bond donors (Lipinski definition) is 0. The van der Waals surface area contributed by atoms with E-state index in [1.165, 1.54) is 5.56 Å². The molecule has 0 amide bonds. The fourth-order valence-electron chi connectivity index (χ4n) is 2.62. The first-order valence-electron chi connectivity index (χ1n) is 7.47. The molecular formula is C17H25NO2. The number of Topliss-reactive ketones (excluding diaryl/α,β-unsaturated/α-hetero) is 1. The van der Waals surface area contributed by atoms with Crippen LogP contribution in [0.4, 0.5) is 0 Å². The highest BCUT2D eigenvalue weighted by Crippen LogP contribution is 2.17. The van der Waals surface area contributed by atoms with Gasteiger partial charge in [-0.3, -0.25) is 4.79 Å². The molecule has 0 aromatic heterocycles. The van der Waals surface area contributed by atoms with Gasteiger partial charge in [0.05, 0.1) is 12.2 Å². The number of hydrogen-bond acceptors (Lipinski definition) is 3. The van der Waals surface area contributed by atoms with Gasteiger partial charge in [-0.25, -0.2) is 0 Å². The molecule has 0 aliphatic carbocycles. The fourth-order valence-corrected chi connectivity index (χ4v) is 2.62. The van der Waals surface area contributed by atoms with Gasteiger partial charge in [-0.15, -0.1) is 0 Å². The van der Waals surface area contributed by atoms with Crippen LogP contribution in [0.3, 0.4) is 0 Å². The summed E-state index contributed by atoms with van der Waals surface area (Å²) in [5.41, 5.74) is 1.16. The lowest BCUT2D eigenvalue weighted by Gasteiger charge is -2.29. The molecule has 3 nitrogen and oxygen atoms in total. The average Bonchev–Trinajstić information content (AvgIpc) is 2.41. The first-order valence-corrected chi connectivity index (χ1v) is 7.47. The van der Waals surface area contributed by atoms with Gasteiger partial charge in [-0.2, -0.15) is 0 Å². The zero-order chi connectivity index (χ0) is 14.4. The highest BCUT2D eigenvalue weighted by Gasteiger charge is 2.20. The summed E-state index contributed by atoms with van der Waals surface area (Å²) in [6.45, 7) is 7.71. The molecule has 1 aliphatic rings. The van der Waals surface area contributed by atoms with Gasteiger partial charge < -0.3 is 9.64 Å². The maximum absolute atomic E-state index is 11.2. The van der Waals surface area contributed by atoms with E-state index in [0.717, 1.165) is 32.7 Å². The molecule has 0 atom stereocenters. The minimum absolute atomic E-state index is 0.146. The molecule has 1 aliphatic heterocycles. The Kier molecular flexibility index (Phi) is 5.32. The number of ether oxygens (including phenoxy) is 1. The topological polar surface area (TPSA) is 29.5 Å². The zero-order valence-corrected chi connectivity index (χ0v) is 12.6. The van der Waals surface area contributed by atoms with Gasteiger partial charge in [0.25, 0.3) is 0 Å². The summed E-state index contributed by atoms with van der Waals surface area (Å²) in [6.07, 6.45) is 2.33. The molecule has 0 N–H and O–H groups in total. The summed E-state index contributed by atoms with van der Waals surface area (Å²) in [4.78, 5) is 13.5. The second-order valence-electron chi connectivity index (χ2n) is 6.15. The molecule has 0 saturated carbocycles. The van der Waals surface area contributed by atoms with Crippen LogP contribution in [0.15, 0.2) is 30.3 Å². The third-order valence-electron chi connectivity index (χ3n) is 3.79. The summed E-state index contributed by atoms with van der Waals surface area (Å²) in [5.74, 6) is 0.395. The SMILES string of the molecule is CC(C)(Cc1ccccc1)OCCN1CCC(=O)CC1. The Morgan fingerprint density at radius 3 is 2.45 bits per heavy atom. The Morgan fingerprint density at radius 2 is 1.80 bits per heavy atom. The minimum Gasteiger partial charge on any atom is -0.374 e. The van der Waals surface area contributed by atoms with E-state index >= 15 is 0 Å². The lowest BCUT2D eigenvalue weighted by Crippen LogP contribution is -2.38. The summed E-state index contributed by atoms with van der Waals surface area (Å²) in [7, 11) is 0. The number of piperidine rings is 1. The van der Waals surface area contributed by atoms with E-state index in [-0.39, 0.29) is 5.60 Å². The van der Waals surface area contributed by atoms with Gasteiger partial charge in [0.2, 0.25) is 0 Å². The van der Waals surface area contributed by atoms with Gasteiger partial charge in [0.15, 0.2) is 0 Å². The van der Waals surface area contributed by atoms with Gasteiger partial charge in [-0.05, 0) is 19.4 Å². The van der Waals surface area contributed by atoms with Crippen LogP contribution >= 0.6 is 0 Å². The van der Waals surface area contributed by atoms with Crippen molar-refractivity contribution in [2.24, 2.45) is 0 Å². The molecule has 3 heteroatoms. The number of ketones is 1. The van der Waals surface area contributed by atoms with Crippen molar-refractivity contribution in [2.75, 3.05) is 26.2 Å². The van der Waals surface area contributed by atoms with Crippen LogP contribution in [0.25, 0.3) is 0 Å². The number of rotatable bonds is 6. The first kappa shape index (κ1) is 15.2. The van der Waals surface area contributed by atoms with Crippen LogP contribution in [0.1, 0.15) is 32.3 Å². The van der Waals surface area contributed by atoms with Crippen LogP contribution in [0.2, 0.25) is 0 Å². The van der Waals surface area contributed by atoms with Crippen LogP contribution in [-0.2, 0) is 16.0 Å². The number of benzene rings is 1. The third-order valence-corrected chi connectivity index (χ3v) is 3.79. The lowest BCUT2D eigenvalue weighted by molar-refractivity contribution is -0.121. The molecule has 1 fully saturated rings. The van der Waals surface area contributed by atoms with Crippen LogP contribution in [-0.4, -0.2) is 42.5 Å². The Morgan fingerprint density at radius 1 is 1.15 bits per heavy atom. The highest BCUT2D eigenvalue weighted by molar-refractivity contribution is 5.79. The summed E-state index contributed by atoms with van der Waals surface area (Å²) >= 11 is 0. The molecule has 0 unspecified atom stereocenters. The fraction of sp³-hybridized carbons (Fsp3) is 0.588. The number of carbonyl (C=O) groups excluding carboxylic acids is 1. The average molecular weight is 275 g/mol. The van der Waals surface area contributed by atoms with Crippen molar-refractivity contribution in [2.45, 2.75) is 38.7 Å². The van der Waals surface area contributed by atoms with Crippen LogP contribution < -0.4 is 0 Å². The van der Waals surface area contributed by atoms with Crippen molar-refractivity contribution in [3.05, 3.63) is 35.9 Å². The zero-order valence-electron chi connectivity index (χ0n) is 12.6. The highest BCUT2D eigenvalue weighted by atomic mass is 16.5. The first-order chi connectivity index (χ1) is 9.55. The number of carbonyl (C=O) groups is 1. The predicted molar refractivity (Wildman–Crippen MR) is 80.9 cm³/mol. The van der Waals surface area contributed by atoms with E-state index in [9.17, 15) is 4.79 Å². The Labute approximate surface area is 121 Å². The quantitative estimate of drug-likeness (QED) is 0.799. The maximum atomic E-state index is 11.2. The molecule has 1 heterocycles. The van der Waals surface area contributed by atoms with E-state index in [1.54, 1.807) is 0 Å². The predicted octanol–water partition coefficient (Wildman–Crippen LogP) is 2.69. The Hall–Kier alpha value is -1.19. The van der Waals surface area contributed by atoms with Gasteiger partial charge in [0.1, 0.15) is 5.78 Å². The molecule has 20 heavy (non-hydrogen) atoms. The van der Waals surface area contributed by atoms with E-state index < -0.39 is 0 Å². The second-order valence-corrected chi connectivity index (χ2v) is 6.15. The molecule has 0 radical (unpaired) electrons. The molecule has 110 valence electrons. The van der Waals surface area contributed by atoms with Crippen LogP contribution in [0.5, 0.6) is 0 Å². The van der Waals surface area contributed by atoms with Crippen molar-refractivity contribution >= 4 is 5.78 Å². The van der Waals surface area contributed by atoms with Gasteiger partial charge >= 0.3 is 0 Å². The monoisotopic (exact) mass is 275 g/mol. The van der Waals surface area contributed by atoms with Crippen LogP contribution in [0, 0.1) is 0 Å². The van der Waals surface area contributed by atoms with E-state index in [0.29, 0.717) is 18.6 Å². The molecule has 2 rings (SSSR count). The smallest absolute Gasteiger partial charge is 0.135 e. The standard InChI is InChI=1S/C17H25NO2/c1-17(2,14-15-6-4-3-5-7-15)20-13-12-18-10-8-16(19)9-11-18/h3-7H,8-14H2,1-2H3. The van der Waals surface area contributed by atoms with Gasteiger partial charge in [0, 0.05) is 38.9 Å². The van der Waals surface area contributed by atoms with Crippen molar-refractivity contribution in [3.63, 3.8) is 0 Å². The minimum atomic E-state index is -0.146. The molecule has 0 spiro atoms. The van der Waals surface area contributed by atoms with E-state index in [1.807, 2.05) is 6.07 Å². The molecule has 1 aromatic rings. The largest absolute Gasteiger partial charge is 0.374 e. The Balaban J connectivity index is 1.71. The Bertz CT molecular complexity index is 418. The normalized spacial score (nSPS) is 17.4. The van der Waals surface area contributed by atoms with Crippen molar-refractivity contribution in [3.8, 4) is 0 Å². The number of nitrogens with zero attached hydrogens (tertiary/aromatic N) is 1. The molecule has 0 bridgehead atoms. The molecule has 1 saturated heterocycles. The molecular weight excluding hydrogens is 250 g/mol. The maximum Gasteiger partial charge on any atom is 0.135 e. The van der Waals surface area contributed by atoms with E-state index in [4.69, 9.17) is 4.74 Å². The third kappa shape index (κ3) is 5.06. The molecule has 1 aromatic carbocycles. The number of likely N-dealkylation sites (tertiary alicyclic amines) is 1. The van der Waals surface area contributed by atoms with Crippen molar-refractivity contribution < 1.29 is 9.53 Å². The lowest BCUT2D eigenvalue weighted by atomic mass is 9.98. The van der Waals surface area contributed by atoms with Gasteiger partial charge in [-0.1, -0.05) is 30.3 Å². The summed E-state index contributed by atoms with van der Waals surface area (Å²) < 4.78 is 6.04. The van der Waals surface area contributed by atoms with E-state index in [2.05, 4.69) is 43.0 Å². The second kappa shape index (κ2) is 7.00.